The molecule has 0 unspecified atom stereocenters. The van der Waals surface area contributed by atoms with E-state index in [-0.39, 0.29) is 35.6 Å². The van der Waals surface area contributed by atoms with Gasteiger partial charge in [0.05, 0.1) is 18.3 Å². The van der Waals surface area contributed by atoms with Crippen LogP contribution in [-0.4, -0.2) is 35.8 Å². The smallest absolute Gasteiger partial charge is 0.306 e. The molecule has 1 N–H and O–H groups in total. The number of phenolic OH excluding ortho intramolecular Hbond substituents is 1. The fourth-order valence-electron chi connectivity index (χ4n) is 3.71. The monoisotopic (exact) mass is 536 g/mol. The molecule has 0 aliphatic heterocycles. The van der Waals surface area contributed by atoms with Gasteiger partial charge in [0.2, 0.25) is 0 Å². The molecule has 0 atom stereocenters. The van der Waals surface area contributed by atoms with Crippen molar-refractivity contribution < 1.29 is 28.9 Å². The second kappa shape index (κ2) is 13.9. The van der Waals surface area contributed by atoms with E-state index in [1.165, 1.54) is 11.0 Å². The third-order valence-corrected chi connectivity index (χ3v) is 6.38. The van der Waals surface area contributed by atoms with E-state index in [1.807, 2.05) is 44.4 Å². The molecule has 7 heteroatoms. The molecule has 3 rings (SSSR count). The highest BCUT2D eigenvalue weighted by Gasteiger charge is 2.18. The van der Waals surface area contributed by atoms with Crippen LogP contribution in [0.15, 0.2) is 65.6 Å². The Labute approximate surface area is 229 Å². The van der Waals surface area contributed by atoms with Crippen LogP contribution in [-0.2, 0) is 22.6 Å². The summed E-state index contributed by atoms with van der Waals surface area (Å²) in [6.07, 6.45) is 2.33. The van der Waals surface area contributed by atoms with Gasteiger partial charge in [0.15, 0.2) is 5.78 Å². The number of benzene rings is 3. The average Bonchev–Trinajstić information content (AvgIpc) is 2.89. The Bertz CT molecular complexity index is 1230. The quantitative estimate of drug-likeness (QED) is 0.145. The minimum Gasteiger partial charge on any atom is -0.507 e. The molecule has 202 valence electrons. The van der Waals surface area contributed by atoms with Gasteiger partial charge in [0.1, 0.15) is 23.9 Å². The predicted octanol–water partition coefficient (Wildman–Crippen LogP) is 6.84. The number of ether oxygens (including phenoxy) is 3. The summed E-state index contributed by atoms with van der Waals surface area (Å²) < 4.78 is 17.0. The molecule has 0 aromatic heterocycles. The third kappa shape index (κ3) is 8.55. The van der Waals surface area contributed by atoms with E-state index >= 15 is 0 Å². The lowest BCUT2D eigenvalue weighted by atomic mass is 9.98. The Hall–Kier alpha value is -3.45. The Kier molecular flexibility index (Phi) is 10.7. The molecule has 0 bridgehead atoms. The fourth-order valence-corrected chi connectivity index (χ4v) is 4.12. The standard InChI is InChI=1S/C31H36O6S/c1-20(2)18-35-25-10-13-27(28(32)17-25)31(34)24-8-14-29(23(16-24)9-15-30(33)37-21(3)4)36-19-22-6-11-26(38-5)12-7-22/h6-8,10-14,16-17,20-21,32H,9,15,18-19H2,1-5H3. The molecule has 0 aliphatic carbocycles. The SMILES string of the molecule is CSc1ccc(COc2ccc(C(=O)c3ccc(OCC(C)C)cc3O)cc2CCC(=O)OC(C)C)cc1. The maximum absolute atomic E-state index is 13.3. The molecule has 3 aromatic carbocycles. The third-order valence-electron chi connectivity index (χ3n) is 5.64. The van der Waals surface area contributed by atoms with Crippen molar-refractivity contribution in [3.8, 4) is 17.2 Å². The minimum atomic E-state index is -0.330. The zero-order valence-electron chi connectivity index (χ0n) is 22.7. The van der Waals surface area contributed by atoms with E-state index in [1.54, 1.807) is 55.9 Å². The van der Waals surface area contributed by atoms with Crippen LogP contribution in [0.3, 0.4) is 0 Å². The maximum Gasteiger partial charge on any atom is 0.306 e. The van der Waals surface area contributed by atoms with Gasteiger partial charge < -0.3 is 19.3 Å². The number of aromatic hydroxyl groups is 1. The lowest BCUT2D eigenvalue weighted by Gasteiger charge is -2.15. The van der Waals surface area contributed by atoms with Gasteiger partial charge in [0, 0.05) is 22.9 Å². The van der Waals surface area contributed by atoms with Crippen molar-refractivity contribution in [2.75, 3.05) is 12.9 Å². The van der Waals surface area contributed by atoms with Gasteiger partial charge in [-0.15, -0.1) is 11.8 Å². The summed E-state index contributed by atoms with van der Waals surface area (Å²) in [4.78, 5) is 26.7. The molecule has 0 fully saturated rings. The number of thioether (sulfide) groups is 1. The van der Waals surface area contributed by atoms with Crippen LogP contribution in [0.5, 0.6) is 17.2 Å². The van der Waals surface area contributed by atoms with Crippen LogP contribution < -0.4 is 9.47 Å². The van der Waals surface area contributed by atoms with Gasteiger partial charge in [0.25, 0.3) is 0 Å². The molecule has 0 heterocycles. The Morgan fingerprint density at radius 1 is 0.921 bits per heavy atom. The number of carbonyl (C=O) groups is 2. The first-order chi connectivity index (χ1) is 18.2. The minimum absolute atomic E-state index is 0.146. The van der Waals surface area contributed by atoms with Gasteiger partial charge in [-0.2, -0.15) is 0 Å². The van der Waals surface area contributed by atoms with Gasteiger partial charge in [-0.25, -0.2) is 0 Å². The van der Waals surface area contributed by atoms with Gasteiger partial charge >= 0.3 is 5.97 Å². The highest BCUT2D eigenvalue weighted by Crippen LogP contribution is 2.29. The van der Waals surface area contributed by atoms with Crippen molar-refractivity contribution in [2.24, 2.45) is 5.92 Å². The first kappa shape index (κ1) is 29.1. The van der Waals surface area contributed by atoms with Crippen LogP contribution in [0.1, 0.15) is 61.2 Å². The Morgan fingerprint density at radius 3 is 2.29 bits per heavy atom. The number of carbonyl (C=O) groups excluding carboxylic acids is 2. The molecule has 0 aliphatic rings. The van der Waals surface area contributed by atoms with E-state index in [4.69, 9.17) is 14.2 Å². The largest absolute Gasteiger partial charge is 0.507 e. The molecule has 38 heavy (non-hydrogen) atoms. The van der Waals surface area contributed by atoms with Crippen LogP contribution in [0.25, 0.3) is 0 Å². The highest BCUT2D eigenvalue weighted by molar-refractivity contribution is 7.98. The average molecular weight is 537 g/mol. The molecule has 0 spiro atoms. The number of hydrogen-bond donors (Lipinski definition) is 1. The van der Waals surface area contributed by atoms with E-state index in [0.717, 1.165) is 5.56 Å². The van der Waals surface area contributed by atoms with Gasteiger partial charge in [-0.3, -0.25) is 9.59 Å². The molecule has 0 amide bonds. The van der Waals surface area contributed by atoms with Crippen molar-refractivity contribution in [3.05, 3.63) is 82.9 Å². The molecule has 0 saturated carbocycles. The topological polar surface area (TPSA) is 82.1 Å². The summed E-state index contributed by atoms with van der Waals surface area (Å²) in [5.74, 6) is 0.645. The summed E-state index contributed by atoms with van der Waals surface area (Å²) >= 11 is 1.67. The van der Waals surface area contributed by atoms with E-state index < -0.39 is 0 Å². The molecular weight excluding hydrogens is 500 g/mol. The van der Waals surface area contributed by atoms with Crippen LogP contribution in [0.2, 0.25) is 0 Å². The zero-order valence-corrected chi connectivity index (χ0v) is 23.5. The first-order valence-electron chi connectivity index (χ1n) is 12.7. The Balaban J connectivity index is 1.82. The normalized spacial score (nSPS) is 11.0. The zero-order chi connectivity index (χ0) is 27.7. The molecule has 3 aromatic rings. The lowest BCUT2D eigenvalue weighted by molar-refractivity contribution is -0.147. The molecule has 0 radical (unpaired) electrons. The molecule has 6 nitrogen and oxygen atoms in total. The number of ketones is 1. The fraction of sp³-hybridized carbons (Fsp3) is 0.355. The number of aryl methyl sites for hydroxylation is 1. The lowest BCUT2D eigenvalue weighted by Crippen LogP contribution is -2.12. The number of rotatable bonds is 13. The summed E-state index contributed by atoms with van der Waals surface area (Å²) in [5, 5.41) is 10.5. The highest BCUT2D eigenvalue weighted by atomic mass is 32.2. The van der Waals surface area contributed by atoms with E-state index in [9.17, 15) is 14.7 Å². The number of phenols is 1. The van der Waals surface area contributed by atoms with Gasteiger partial charge in [-0.1, -0.05) is 26.0 Å². The van der Waals surface area contributed by atoms with Crippen molar-refractivity contribution >= 4 is 23.5 Å². The predicted molar refractivity (Wildman–Crippen MR) is 150 cm³/mol. The van der Waals surface area contributed by atoms with Crippen LogP contribution in [0, 0.1) is 5.92 Å². The van der Waals surface area contributed by atoms with Crippen molar-refractivity contribution in [1.29, 1.82) is 0 Å². The molecular formula is C31H36O6S. The maximum atomic E-state index is 13.3. The van der Waals surface area contributed by atoms with Crippen molar-refractivity contribution in [1.82, 2.24) is 0 Å². The second-order valence-electron chi connectivity index (χ2n) is 9.71. The van der Waals surface area contributed by atoms with E-state index in [2.05, 4.69) is 0 Å². The molecule has 0 saturated heterocycles. The van der Waals surface area contributed by atoms with Crippen LogP contribution in [0.4, 0.5) is 0 Å². The first-order valence-corrected chi connectivity index (χ1v) is 14.0. The van der Waals surface area contributed by atoms with Crippen LogP contribution >= 0.6 is 11.8 Å². The summed E-state index contributed by atoms with van der Waals surface area (Å²) in [6, 6.07) is 17.9. The Morgan fingerprint density at radius 2 is 1.66 bits per heavy atom. The summed E-state index contributed by atoms with van der Waals surface area (Å²) in [5.41, 5.74) is 2.29. The van der Waals surface area contributed by atoms with Crippen molar-refractivity contribution in [2.45, 2.75) is 58.1 Å². The van der Waals surface area contributed by atoms with E-state index in [0.29, 0.717) is 48.2 Å². The number of esters is 1. The second-order valence-corrected chi connectivity index (χ2v) is 10.6. The van der Waals surface area contributed by atoms with Gasteiger partial charge in [-0.05, 0) is 86.0 Å². The van der Waals surface area contributed by atoms with Crippen molar-refractivity contribution in [3.63, 3.8) is 0 Å². The number of hydrogen-bond acceptors (Lipinski definition) is 7. The summed E-state index contributed by atoms with van der Waals surface area (Å²) in [6.45, 7) is 8.54. The summed E-state index contributed by atoms with van der Waals surface area (Å²) in [7, 11) is 0.